The van der Waals surface area contributed by atoms with E-state index < -0.39 is 12.5 Å². The van der Waals surface area contributed by atoms with Crippen molar-refractivity contribution in [3.05, 3.63) is 65.2 Å². The Morgan fingerprint density at radius 3 is 2.38 bits per heavy atom. The Morgan fingerprint density at radius 2 is 1.81 bits per heavy atom. The molecule has 0 fully saturated rings. The quantitative estimate of drug-likeness (QED) is 0.896. The lowest BCUT2D eigenvalue weighted by Crippen LogP contribution is -2.23. The van der Waals surface area contributed by atoms with Gasteiger partial charge in [-0.25, -0.2) is 0 Å². The fourth-order valence-electron chi connectivity index (χ4n) is 2.05. The smallest absolute Gasteiger partial charge is 0.306 e. The van der Waals surface area contributed by atoms with Crippen molar-refractivity contribution in [2.24, 2.45) is 5.73 Å². The third-order valence-electron chi connectivity index (χ3n) is 3.33. The highest BCUT2D eigenvalue weighted by Gasteiger charge is 2.32. The van der Waals surface area contributed by atoms with Crippen molar-refractivity contribution in [2.75, 3.05) is 6.61 Å². The van der Waals surface area contributed by atoms with Gasteiger partial charge in [-0.1, -0.05) is 42.5 Å². The van der Waals surface area contributed by atoms with Crippen molar-refractivity contribution in [3.63, 3.8) is 0 Å². The number of hydrogen-bond donors (Lipinski definition) is 1. The Bertz CT molecular complexity index is 597. The zero-order valence-corrected chi connectivity index (χ0v) is 12.1. The first kappa shape index (κ1) is 15.4. The SMILES string of the molecule is Cc1cc([C@@H](C)N)ccc1OCC(F)(F)c1ccccc1. The summed E-state index contributed by atoms with van der Waals surface area (Å²) < 4.78 is 33.4. The molecular weight excluding hydrogens is 272 g/mol. The van der Waals surface area contributed by atoms with Crippen LogP contribution in [0.2, 0.25) is 0 Å². The Labute approximate surface area is 123 Å². The molecule has 2 N–H and O–H groups in total. The molecule has 0 radical (unpaired) electrons. The van der Waals surface area contributed by atoms with Crippen molar-refractivity contribution >= 4 is 0 Å². The predicted octanol–water partition coefficient (Wildman–Crippen LogP) is 4.19. The fourth-order valence-corrected chi connectivity index (χ4v) is 2.05. The van der Waals surface area contributed by atoms with Crippen LogP contribution in [0.1, 0.15) is 29.7 Å². The zero-order valence-electron chi connectivity index (χ0n) is 12.1. The number of hydrogen-bond acceptors (Lipinski definition) is 2. The van der Waals surface area contributed by atoms with E-state index in [0.717, 1.165) is 11.1 Å². The zero-order chi connectivity index (χ0) is 15.5. The van der Waals surface area contributed by atoms with Gasteiger partial charge in [0, 0.05) is 11.6 Å². The minimum atomic E-state index is -3.02. The molecule has 0 aliphatic heterocycles. The normalized spacial score (nSPS) is 13.0. The molecule has 0 unspecified atom stereocenters. The Kier molecular flexibility index (Phi) is 4.58. The number of halogens is 2. The first-order chi connectivity index (χ1) is 9.90. The average molecular weight is 291 g/mol. The summed E-state index contributed by atoms with van der Waals surface area (Å²) in [7, 11) is 0. The maximum atomic E-state index is 14.0. The molecular formula is C17H19F2NO. The highest BCUT2D eigenvalue weighted by molar-refractivity contribution is 5.37. The summed E-state index contributed by atoms with van der Waals surface area (Å²) in [5.41, 5.74) is 7.50. The maximum absolute atomic E-state index is 14.0. The van der Waals surface area contributed by atoms with Crippen LogP contribution < -0.4 is 10.5 Å². The standard InChI is InChI=1S/C17H19F2NO/c1-12-10-14(13(2)20)8-9-16(12)21-11-17(18,19)15-6-4-3-5-7-15/h3-10,13H,11,20H2,1-2H3/t13-/m1/s1. The Balaban J connectivity index is 2.09. The third-order valence-corrected chi connectivity index (χ3v) is 3.33. The van der Waals surface area contributed by atoms with E-state index in [1.165, 1.54) is 12.1 Å². The van der Waals surface area contributed by atoms with Gasteiger partial charge in [0.15, 0.2) is 6.61 Å². The molecule has 2 nitrogen and oxygen atoms in total. The molecule has 0 spiro atoms. The van der Waals surface area contributed by atoms with E-state index >= 15 is 0 Å². The van der Waals surface area contributed by atoms with E-state index in [0.29, 0.717) is 5.75 Å². The average Bonchev–Trinajstić information content (AvgIpc) is 2.46. The molecule has 0 aliphatic carbocycles. The molecule has 0 aromatic heterocycles. The number of rotatable bonds is 5. The van der Waals surface area contributed by atoms with Crippen LogP contribution in [0.3, 0.4) is 0 Å². The first-order valence-electron chi connectivity index (χ1n) is 6.82. The van der Waals surface area contributed by atoms with Gasteiger partial charge in [0.1, 0.15) is 5.75 Å². The summed E-state index contributed by atoms with van der Waals surface area (Å²) in [6, 6.07) is 12.9. The van der Waals surface area contributed by atoms with Gasteiger partial charge in [-0.05, 0) is 31.0 Å². The summed E-state index contributed by atoms with van der Waals surface area (Å²) in [6.07, 6.45) is 0. The van der Waals surface area contributed by atoms with Crippen LogP contribution in [-0.4, -0.2) is 6.61 Å². The molecule has 0 aliphatic rings. The monoisotopic (exact) mass is 291 g/mol. The molecule has 0 saturated heterocycles. The van der Waals surface area contributed by atoms with Crippen LogP contribution in [-0.2, 0) is 5.92 Å². The van der Waals surface area contributed by atoms with Crippen molar-refractivity contribution < 1.29 is 13.5 Å². The minimum Gasteiger partial charge on any atom is -0.487 e. The molecule has 0 saturated carbocycles. The van der Waals surface area contributed by atoms with Gasteiger partial charge in [0.05, 0.1) is 0 Å². The van der Waals surface area contributed by atoms with Gasteiger partial charge < -0.3 is 10.5 Å². The predicted molar refractivity (Wildman–Crippen MR) is 79.6 cm³/mol. The molecule has 0 bridgehead atoms. The van der Waals surface area contributed by atoms with Gasteiger partial charge in [0.25, 0.3) is 0 Å². The minimum absolute atomic E-state index is 0.0464. The highest BCUT2D eigenvalue weighted by atomic mass is 19.3. The maximum Gasteiger partial charge on any atom is 0.306 e. The molecule has 4 heteroatoms. The van der Waals surface area contributed by atoms with Gasteiger partial charge in [0.2, 0.25) is 0 Å². The summed E-state index contributed by atoms with van der Waals surface area (Å²) in [4.78, 5) is 0. The molecule has 1 atom stereocenters. The molecule has 2 rings (SSSR count). The third kappa shape index (κ3) is 3.79. The first-order valence-corrected chi connectivity index (χ1v) is 6.82. The van der Waals surface area contributed by atoms with Crippen molar-refractivity contribution in [2.45, 2.75) is 25.8 Å². The summed E-state index contributed by atoms with van der Waals surface area (Å²) in [6.45, 7) is 3.01. The van der Waals surface area contributed by atoms with Crippen molar-refractivity contribution in [1.29, 1.82) is 0 Å². The lowest BCUT2D eigenvalue weighted by molar-refractivity contribution is -0.0468. The Morgan fingerprint density at radius 1 is 1.14 bits per heavy atom. The van der Waals surface area contributed by atoms with Gasteiger partial charge in [-0.15, -0.1) is 0 Å². The molecule has 21 heavy (non-hydrogen) atoms. The van der Waals surface area contributed by atoms with Crippen molar-refractivity contribution in [3.8, 4) is 5.75 Å². The second kappa shape index (κ2) is 6.22. The van der Waals surface area contributed by atoms with Crippen LogP contribution in [0.25, 0.3) is 0 Å². The molecule has 2 aromatic rings. The highest BCUT2D eigenvalue weighted by Crippen LogP contribution is 2.30. The molecule has 0 heterocycles. The fraction of sp³-hybridized carbons (Fsp3) is 0.294. The number of alkyl halides is 2. The van der Waals surface area contributed by atoms with Crippen LogP contribution in [0.4, 0.5) is 8.78 Å². The number of nitrogens with two attached hydrogens (primary N) is 1. The molecule has 2 aromatic carbocycles. The van der Waals surface area contributed by atoms with Gasteiger partial charge in [-0.2, -0.15) is 8.78 Å². The lowest BCUT2D eigenvalue weighted by Gasteiger charge is -2.19. The van der Waals surface area contributed by atoms with Crippen molar-refractivity contribution in [1.82, 2.24) is 0 Å². The van der Waals surface area contributed by atoms with E-state index in [1.807, 2.05) is 19.9 Å². The van der Waals surface area contributed by atoms with Gasteiger partial charge >= 0.3 is 5.92 Å². The van der Waals surface area contributed by atoms with Crippen LogP contribution in [0.15, 0.2) is 48.5 Å². The summed E-state index contributed by atoms with van der Waals surface area (Å²) >= 11 is 0. The van der Waals surface area contributed by atoms with Crippen LogP contribution in [0.5, 0.6) is 5.75 Å². The largest absolute Gasteiger partial charge is 0.487 e. The number of benzene rings is 2. The second-order valence-corrected chi connectivity index (χ2v) is 5.17. The van der Waals surface area contributed by atoms with E-state index in [4.69, 9.17) is 10.5 Å². The van der Waals surface area contributed by atoms with E-state index in [9.17, 15) is 8.78 Å². The second-order valence-electron chi connectivity index (χ2n) is 5.17. The topological polar surface area (TPSA) is 35.2 Å². The summed E-state index contributed by atoms with van der Waals surface area (Å²) in [5.74, 6) is -2.57. The molecule has 112 valence electrons. The number of aryl methyl sites for hydroxylation is 1. The van der Waals surface area contributed by atoms with Crippen LogP contribution >= 0.6 is 0 Å². The lowest BCUT2D eigenvalue weighted by atomic mass is 10.1. The molecule has 0 amide bonds. The number of ether oxygens (including phenoxy) is 1. The van der Waals surface area contributed by atoms with Crippen LogP contribution in [0, 0.1) is 6.92 Å². The van der Waals surface area contributed by atoms with E-state index in [2.05, 4.69) is 0 Å². The summed E-state index contributed by atoms with van der Waals surface area (Å²) in [5, 5.41) is 0. The Hall–Kier alpha value is -1.94. The van der Waals surface area contributed by atoms with E-state index in [-0.39, 0.29) is 11.6 Å². The van der Waals surface area contributed by atoms with E-state index in [1.54, 1.807) is 30.3 Å². The van der Waals surface area contributed by atoms with Gasteiger partial charge in [-0.3, -0.25) is 0 Å².